The van der Waals surface area contributed by atoms with Crippen LogP contribution in [0.1, 0.15) is 12.5 Å². The van der Waals surface area contributed by atoms with Crippen LogP contribution >= 0.6 is 11.6 Å². The van der Waals surface area contributed by atoms with Crippen LogP contribution in [0.25, 0.3) is 0 Å². The van der Waals surface area contributed by atoms with Crippen LogP contribution < -0.4 is 0 Å². The molecule has 0 aromatic heterocycles. The molecule has 0 spiro atoms. The van der Waals surface area contributed by atoms with Gasteiger partial charge in [-0.1, -0.05) is 29.8 Å². The van der Waals surface area contributed by atoms with E-state index in [2.05, 4.69) is 15.4 Å². The van der Waals surface area contributed by atoms with E-state index in [9.17, 15) is 0 Å². The van der Waals surface area contributed by atoms with Crippen molar-refractivity contribution in [3.63, 3.8) is 0 Å². The Kier molecular flexibility index (Phi) is 2.33. The second-order valence-electron chi connectivity index (χ2n) is 3.56. The minimum absolute atomic E-state index is 0.328. The Balaban J connectivity index is 2.23. The number of rotatable bonds is 2. The lowest BCUT2D eigenvalue weighted by atomic mass is 9.95. The summed E-state index contributed by atoms with van der Waals surface area (Å²) in [4.78, 5) is 0. The van der Waals surface area contributed by atoms with Crippen LogP contribution in [-0.4, -0.2) is 11.8 Å². The van der Waals surface area contributed by atoms with E-state index < -0.39 is 0 Å². The van der Waals surface area contributed by atoms with Gasteiger partial charge in [-0.2, -0.15) is 5.11 Å². The molecule has 0 amide bonds. The van der Waals surface area contributed by atoms with Gasteiger partial charge in [0, 0.05) is 11.4 Å². The van der Waals surface area contributed by atoms with E-state index in [1.165, 1.54) is 0 Å². The Morgan fingerprint density at radius 2 is 2.14 bits per heavy atom. The van der Waals surface area contributed by atoms with Crippen LogP contribution in [0.3, 0.4) is 0 Å². The maximum atomic E-state index is 6.05. The number of hydrogen-bond acceptors (Lipinski definition) is 3. The van der Waals surface area contributed by atoms with E-state index in [1.54, 1.807) is 6.21 Å². The second kappa shape index (κ2) is 3.50. The molecule has 3 nitrogen and oxygen atoms in total. The largest absolute Gasteiger partial charge is 0.156 e. The number of hydrogen-bond donors (Lipinski definition) is 0. The van der Waals surface area contributed by atoms with Gasteiger partial charge < -0.3 is 0 Å². The molecule has 0 saturated heterocycles. The highest BCUT2D eigenvalue weighted by atomic mass is 35.5. The van der Waals surface area contributed by atoms with Gasteiger partial charge in [0.1, 0.15) is 5.54 Å². The van der Waals surface area contributed by atoms with Crippen LogP contribution in [0.4, 0.5) is 0 Å². The predicted molar refractivity (Wildman–Crippen MR) is 56.9 cm³/mol. The molecule has 0 radical (unpaired) electrons. The van der Waals surface area contributed by atoms with Crippen molar-refractivity contribution in [1.82, 2.24) is 0 Å². The third-order valence-corrected chi connectivity index (χ3v) is 2.54. The van der Waals surface area contributed by atoms with Crippen LogP contribution in [0, 0.1) is 0 Å². The van der Waals surface area contributed by atoms with E-state index in [4.69, 9.17) is 11.6 Å². The second-order valence-corrected chi connectivity index (χ2v) is 3.97. The molecule has 0 aliphatic carbocycles. The van der Waals surface area contributed by atoms with Gasteiger partial charge in [-0.3, -0.25) is 0 Å². The third kappa shape index (κ3) is 1.82. The molecule has 14 heavy (non-hydrogen) atoms. The first-order chi connectivity index (χ1) is 6.70. The van der Waals surface area contributed by atoms with Crippen molar-refractivity contribution in [2.24, 2.45) is 15.4 Å². The van der Waals surface area contributed by atoms with Gasteiger partial charge in [-0.05, 0) is 23.8 Å². The lowest BCUT2D eigenvalue weighted by molar-refractivity contribution is 0.620. The average Bonchev–Trinajstić information content (AvgIpc) is 2.57. The van der Waals surface area contributed by atoms with Gasteiger partial charge in [0.25, 0.3) is 0 Å². The Bertz CT molecular complexity index is 386. The number of halogens is 1. The molecule has 1 aliphatic rings. The van der Waals surface area contributed by atoms with Crippen molar-refractivity contribution < 1.29 is 0 Å². The molecule has 0 bridgehead atoms. The van der Waals surface area contributed by atoms with E-state index in [0.29, 0.717) is 0 Å². The van der Waals surface area contributed by atoms with Crippen molar-refractivity contribution in [2.75, 3.05) is 0 Å². The molecule has 1 aromatic rings. The van der Waals surface area contributed by atoms with Gasteiger partial charge in [0.05, 0.1) is 6.21 Å². The summed E-state index contributed by atoms with van der Waals surface area (Å²) in [5.74, 6) is 0. The summed E-state index contributed by atoms with van der Waals surface area (Å²) in [6.45, 7) is 1.98. The summed E-state index contributed by atoms with van der Waals surface area (Å²) in [5, 5.41) is 12.2. The van der Waals surface area contributed by atoms with Gasteiger partial charge in [-0.15, -0.1) is 5.10 Å². The molecule has 0 N–H and O–H groups in total. The Morgan fingerprint density at radius 3 is 2.79 bits per heavy atom. The molecule has 1 atom stereocenters. The van der Waals surface area contributed by atoms with Crippen LogP contribution in [-0.2, 0) is 6.42 Å². The fourth-order valence-corrected chi connectivity index (χ4v) is 1.61. The fraction of sp³-hybridized carbons (Fsp3) is 0.300. The van der Waals surface area contributed by atoms with Gasteiger partial charge in [0.15, 0.2) is 0 Å². The average molecular weight is 208 g/mol. The van der Waals surface area contributed by atoms with Crippen LogP contribution in [0.5, 0.6) is 0 Å². The standard InChI is InChI=1S/C10H10ClN3/c1-10(7-12-14-13-10)6-8-4-2-3-5-9(8)11/h2-5,7H,6H2,1H3. The molecular weight excluding hydrogens is 198 g/mol. The third-order valence-electron chi connectivity index (χ3n) is 2.17. The summed E-state index contributed by atoms with van der Waals surface area (Å²) >= 11 is 6.05. The molecule has 72 valence electrons. The van der Waals surface area contributed by atoms with Gasteiger partial charge in [0.2, 0.25) is 0 Å². The number of nitrogens with zero attached hydrogens (tertiary/aromatic N) is 3. The SMILES string of the molecule is CC1(Cc2ccccc2Cl)C=NN=N1. The Morgan fingerprint density at radius 1 is 1.36 bits per heavy atom. The van der Waals surface area contributed by atoms with Crippen molar-refractivity contribution >= 4 is 17.8 Å². The van der Waals surface area contributed by atoms with Crippen molar-refractivity contribution in [2.45, 2.75) is 18.9 Å². The first-order valence-corrected chi connectivity index (χ1v) is 4.77. The lowest BCUT2D eigenvalue weighted by Gasteiger charge is -2.15. The number of benzene rings is 1. The highest BCUT2D eigenvalue weighted by Crippen LogP contribution is 2.24. The molecular formula is C10H10ClN3. The van der Waals surface area contributed by atoms with Crippen LogP contribution in [0.2, 0.25) is 5.02 Å². The molecule has 1 aromatic carbocycles. The maximum Gasteiger partial charge on any atom is 0.122 e. The summed E-state index contributed by atoms with van der Waals surface area (Å²) in [6, 6.07) is 7.75. The zero-order valence-electron chi connectivity index (χ0n) is 7.81. The summed E-state index contributed by atoms with van der Waals surface area (Å²) in [6.07, 6.45) is 2.48. The molecule has 4 heteroatoms. The van der Waals surface area contributed by atoms with Crippen molar-refractivity contribution in [1.29, 1.82) is 0 Å². The van der Waals surface area contributed by atoms with E-state index in [0.717, 1.165) is 17.0 Å². The van der Waals surface area contributed by atoms with E-state index >= 15 is 0 Å². The summed E-state index contributed by atoms with van der Waals surface area (Å²) < 4.78 is 0. The lowest BCUT2D eigenvalue weighted by Crippen LogP contribution is -2.24. The van der Waals surface area contributed by atoms with Gasteiger partial charge >= 0.3 is 0 Å². The maximum absolute atomic E-state index is 6.05. The molecule has 2 rings (SSSR count). The van der Waals surface area contributed by atoms with Crippen molar-refractivity contribution in [3.8, 4) is 0 Å². The molecule has 1 unspecified atom stereocenters. The zero-order chi connectivity index (χ0) is 10.0. The first-order valence-electron chi connectivity index (χ1n) is 4.39. The van der Waals surface area contributed by atoms with Crippen LogP contribution in [0.15, 0.2) is 39.7 Å². The fourth-order valence-electron chi connectivity index (χ4n) is 1.41. The summed E-state index contributed by atoms with van der Waals surface area (Å²) in [7, 11) is 0. The molecule has 0 saturated carbocycles. The minimum atomic E-state index is -0.328. The quantitative estimate of drug-likeness (QED) is 0.715. The Hall–Kier alpha value is -1.22. The van der Waals surface area contributed by atoms with E-state index in [-0.39, 0.29) is 5.54 Å². The normalized spacial score (nSPS) is 24.4. The molecule has 0 fully saturated rings. The first kappa shape index (κ1) is 9.34. The predicted octanol–water partition coefficient (Wildman–Crippen LogP) is 3.09. The highest BCUT2D eigenvalue weighted by molar-refractivity contribution is 6.31. The Labute approximate surface area is 87.5 Å². The highest BCUT2D eigenvalue weighted by Gasteiger charge is 2.25. The van der Waals surface area contributed by atoms with E-state index in [1.807, 2.05) is 31.2 Å². The summed E-state index contributed by atoms with van der Waals surface area (Å²) in [5.41, 5.74) is 0.745. The zero-order valence-corrected chi connectivity index (χ0v) is 8.57. The topological polar surface area (TPSA) is 37.1 Å². The molecule has 1 heterocycles. The van der Waals surface area contributed by atoms with Crippen molar-refractivity contribution in [3.05, 3.63) is 34.9 Å². The minimum Gasteiger partial charge on any atom is -0.156 e. The monoisotopic (exact) mass is 207 g/mol. The molecule has 1 aliphatic heterocycles. The smallest absolute Gasteiger partial charge is 0.122 e. The van der Waals surface area contributed by atoms with Gasteiger partial charge in [-0.25, -0.2) is 0 Å².